The van der Waals surface area contributed by atoms with E-state index in [-0.39, 0.29) is 5.84 Å². The molecule has 0 bridgehead atoms. The van der Waals surface area contributed by atoms with Crippen LogP contribution in [0, 0.1) is 5.92 Å². The van der Waals surface area contributed by atoms with E-state index in [1.165, 1.54) is 32.2 Å². The van der Waals surface area contributed by atoms with Crippen LogP contribution in [0.5, 0.6) is 5.75 Å². The lowest BCUT2D eigenvalue weighted by molar-refractivity contribution is 0.240. The summed E-state index contributed by atoms with van der Waals surface area (Å²) in [5, 5.41) is 11.9. The second-order valence-corrected chi connectivity index (χ2v) is 6.12. The molecule has 2 aliphatic rings. The lowest BCUT2D eigenvalue weighted by Crippen LogP contribution is -2.28. The van der Waals surface area contributed by atoms with Crippen LogP contribution in [0.3, 0.4) is 0 Å². The largest absolute Gasteiger partial charge is 0.496 e. The molecule has 3 N–H and O–H groups in total. The van der Waals surface area contributed by atoms with Gasteiger partial charge in [-0.05, 0) is 49.8 Å². The van der Waals surface area contributed by atoms with Crippen molar-refractivity contribution < 1.29 is 9.94 Å². The molecule has 21 heavy (non-hydrogen) atoms. The number of benzene rings is 1. The predicted molar refractivity (Wildman–Crippen MR) is 81.7 cm³/mol. The van der Waals surface area contributed by atoms with Gasteiger partial charge < -0.3 is 15.7 Å². The molecule has 0 aromatic heterocycles. The van der Waals surface area contributed by atoms with E-state index in [0.717, 1.165) is 35.4 Å². The summed E-state index contributed by atoms with van der Waals surface area (Å²) in [6, 6.07) is 6.41. The number of nitrogens with zero attached hydrogens (tertiary/aromatic N) is 2. The molecule has 1 aromatic rings. The minimum Gasteiger partial charge on any atom is -0.496 e. The maximum Gasteiger partial charge on any atom is 0.170 e. The van der Waals surface area contributed by atoms with Crippen molar-refractivity contribution in [2.45, 2.75) is 38.3 Å². The highest BCUT2D eigenvalue weighted by atomic mass is 16.5. The Hall–Kier alpha value is -1.75. The first-order valence-corrected chi connectivity index (χ1v) is 7.60. The summed E-state index contributed by atoms with van der Waals surface area (Å²) in [5.41, 5.74) is 7.53. The van der Waals surface area contributed by atoms with Gasteiger partial charge in [0.1, 0.15) is 5.75 Å². The lowest BCUT2D eigenvalue weighted by Gasteiger charge is -2.23. The molecule has 2 aliphatic carbocycles. The summed E-state index contributed by atoms with van der Waals surface area (Å²) in [4.78, 5) is 2.56. The van der Waals surface area contributed by atoms with E-state index < -0.39 is 0 Å². The Morgan fingerprint density at radius 1 is 1.38 bits per heavy atom. The fraction of sp³-hybridized carbons (Fsp3) is 0.562. The summed E-state index contributed by atoms with van der Waals surface area (Å²) in [6.07, 6.45) is 5.33. The Morgan fingerprint density at radius 2 is 2.14 bits per heavy atom. The second-order valence-electron chi connectivity index (χ2n) is 6.12. The molecule has 1 aromatic carbocycles. The van der Waals surface area contributed by atoms with Crippen molar-refractivity contribution in [1.29, 1.82) is 0 Å². The SMILES string of the molecule is COc1ccc(/C(N)=N/O)cc1CN(CC1CC1)C1CC1. The molecule has 0 radical (unpaired) electrons. The van der Waals surface area contributed by atoms with E-state index in [1.54, 1.807) is 7.11 Å². The number of amidine groups is 1. The first-order chi connectivity index (χ1) is 10.2. The van der Waals surface area contributed by atoms with Crippen LogP contribution in [0.1, 0.15) is 36.8 Å². The number of oxime groups is 1. The Kier molecular flexibility index (Phi) is 4.01. The maximum atomic E-state index is 8.83. The minimum atomic E-state index is 0.138. The van der Waals surface area contributed by atoms with Crippen LogP contribution in [-0.2, 0) is 6.54 Å². The number of nitrogens with two attached hydrogens (primary N) is 1. The fourth-order valence-corrected chi connectivity index (χ4v) is 2.75. The van der Waals surface area contributed by atoms with Gasteiger partial charge in [-0.25, -0.2) is 0 Å². The summed E-state index contributed by atoms with van der Waals surface area (Å²) < 4.78 is 5.47. The molecular formula is C16H23N3O2. The molecule has 114 valence electrons. The average Bonchev–Trinajstić information content (AvgIpc) is 3.38. The van der Waals surface area contributed by atoms with Gasteiger partial charge in [-0.1, -0.05) is 5.16 Å². The minimum absolute atomic E-state index is 0.138. The number of ether oxygens (including phenoxy) is 1. The van der Waals surface area contributed by atoms with Gasteiger partial charge in [-0.2, -0.15) is 0 Å². The van der Waals surface area contributed by atoms with Gasteiger partial charge in [-0.15, -0.1) is 0 Å². The molecule has 0 unspecified atom stereocenters. The third-order valence-electron chi connectivity index (χ3n) is 4.31. The molecule has 0 amide bonds. The Labute approximate surface area is 125 Å². The van der Waals surface area contributed by atoms with Gasteiger partial charge in [0.15, 0.2) is 5.84 Å². The zero-order valence-corrected chi connectivity index (χ0v) is 12.5. The van der Waals surface area contributed by atoms with E-state index in [1.807, 2.05) is 18.2 Å². The van der Waals surface area contributed by atoms with Crippen LogP contribution in [0.2, 0.25) is 0 Å². The fourth-order valence-electron chi connectivity index (χ4n) is 2.75. The van der Waals surface area contributed by atoms with Crippen LogP contribution in [0.25, 0.3) is 0 Å². The van der Waals surface area contributed by atoms with Crippen molar-refractivity contribution in [2.24, 2.45) is 16.8 Å². The van der Waals surface area contributed by atoms with E-state index in [0.29, 0.717) is 0 Å². The van der Waals surface area contributed by atoms with E-state index in [2.05, 4.69) is 10.1 Å². The highest BCUT2D eigenvalue weighted by molar-refractivity contribution is 5.97. The number of hydrogen-bond donors (Lipinski definition) is 2. The van der Waals surface area contributed by atoms with Gasteiger partial charge in [0.2, 0.25) is 0 Å². The van der Waals surface area contributed by atoms with Gasteiger partial charge in [0.05, 0.1) is 7.11 Å². The van der Waals surface area contributed by atoms with Crippen molar-refractivity contribution in [3.8, 4) is 5.75 Å². The summed E-state index contributed by atoms with van der Waals surface area (Å²) in [5.74, 6) is 1.88. The van der Waals surface area contributed by atoms with Crippen molar-refractivity contribution in [1.82, 2.24) is 4.90 Å². The maximum absolute atomic E-state index is 8.83. The molecule has 0 saturated heterocycles. The molecule has 5 heteroatoms. The third-order valence-corrected chi connectivity index (χ3v) is 4.31. The summed E-state index contributed by atoms with van der Waals surface area (Å²) in [6.45, 7) is 2.05. The smallest absolute Gasteiger partial charge is 0.170 e. The number of rotatable bonds is 7. The third kappa shape index (κ3) is 3.47. The molecule has 5 nitrogen and oxygen atoms in total. The topological polar surface area (TPSA) is 71.1 Å². The van der Waals surface area contributed by atoms with Crippen LogP contribution in [0.15, 0.2) is 23.4 Å². The van der Waals surface area contributed by atoms with Crippen LogP contribution in [-0.4, -0.2) is 35.6 Å². The molecule has 0 spiro atoms. The van der Waals surface area contributed by atoms with E-state index in [4.69, 9.17) is 15.7 Å². The standard InChI is InChI=1S/C16H23N3O2/c1-21-15-7-4-12(16(17)18-20)8-13(15)10-19(14-5-6-14)9-11-2-3-11/h4,7-8,11,14,20H,2-3,5-6,9-10H2,1H3,(H2,17,18). The first kappa shape index (κ1) is 14.2. The molecule has 0 aliphatic heterocycles. The summed E-state index contributed by atoms with van der Waals surface area (Å²) >= 11 is 0. The molecular weight excluding hydrogens is 266 g/mol. The van der Waals surface area contributed by atoms with Crippen molar-refractivity contribution in [3.63, 3.8) is 0 Å². The van der Waals surface area contributed by atoms with E-state index in [9.17, 15) is 0 Å². The summed E-state index contributed by atoms with van der Waals surface area (Å²) in [7, 11) is 1.68. The van der Waals surface area contributed by atoms with Crippen molar-refractivity contribution >= 4 is 5.84 Å². The normalized spacial score (nSPS) is 19.0. The molecule has 2 fully saturated rings. The molecule has 0 atom stereocenters. The molecule has 2 saturated carbocycles. The first-order valence-electron chi connectivity index (χ1n) is 7.60. The van der Waals surface area contributed by atoms with Crippen LogP contribution >= 0.6 is 0 Å². The number of methoxy groups -OCH3 is 1. The Bertz CT molecular complexity index is 536. The Morgan fingerprint density at radius 3 is 2.71 bits per heavy atom. The van der Waals surface area contributed by atoms with E-state index >= 15 is 0 Å². The second kappa shape index (κ2) is 5.93. The van der Waals surface area contributed by atoms with Gasteiger partial charge >= 0.3 is 0 Å². The predicted octanol–water partition coefficient (Wildman–Crippen LogP) is 2.16. The number of hydrogen-bond acceptors (Lipinski definition) is 4. The monoisotopic (exact) mass is 289 g/mol. The van der Waals surface area contributed by atoms with Gasteiger partial charge in [0.25, 0.3) is 0 Å². The Balaban J connectivity index is 1.80. The van der Waals surface area contributed by atoms with Crippen molar-refractivity contribution in [2.75, 3.05) is 13.7 Å². The lowest BCUT2D eigenvalue weighted by atomic mass is 10.1. The molecule has 0 heterocycles. The quantitative estimate of drug-likeness (QED) is 0.349. The highest BCUT2D eigenvalue weighted by Crippen LogP contribution is 2.36. The van der Waals surface area contributed by atoms with Crippen LogP contribution in [0.4, 0.5) is 0 Å². The zero-order valence-electron chi connectivity index (χ0n) is 12.5. The molecule has 3 rings (SSSR count). The zero-order chi connectivity index (χ0) is 14.8. The highest BCUT2D eigenvalue weighted by Gasteiger charge is 2.33. The van der Waals surface area contributed by atoms with Gasteiger partial charge in [0, 0.05) is 30.3 Å². The van der Waals surface area contributed by atoms with Crippen molar-refractivity contribution in [3.05, 3.63) is 29.3 Å². The average molecular weight is 289 g/mol. The van der Waals surface area contributed by atoms with Crippen LogP contribution < -0.4 is 10.5 Å². The van der Waals surface area contributed by atoms with Gasteiger partial charge in [-0.3, -0.25) is 4.90 Å².